The van der Waals surface area contributed by atoms with Crippen molar-refractivity contribution in [3.05, 3.63) is 29.8 Å². The zero-order chi connectivity index (χ0) is 13.6. The highest BCUT2D eigenvalue weighted by atomic mass is 79.9. The minimum atomic E-state index is 0.109. The van der Waals surface area contributed by atoms with E-state index in [1.807, 2.05) is 12.1 Å². The molecule has 1 aromatic rings. The highest BCUT2D eigenvalue weighted by molar-refractivity contribution is 9.09. The second-order valence-corrected chi connectivity index (χ2v) is 6.25. The standard InChI is InChI=1S/C15H23BrO2/c1-15(2,3)9-10-18-14(11-16)12-5-7-13(17-4)8-6-12/h5-8,14H,9-11H2,1-4H3. The maximum absolute atomic E-state index is 5.94. The van der Waals surface area contributed by atoms with Crippen molar-refractivity contribution >= 4 is 15.9 Å². The number of alkyl halides is 1. The number of rotatable bonds is 6. The molecule has 3 heteroatoms. The molecule has 0 heterocycles. The minimum absolute atomic E-state index is 0.109. The van der Waals surface area contributed by atoms with Crippen molar-refractivity contribution in [3.8, 4) is 5.75 Å². The van der Waals surface area contributed by atoms with Crippen LogP contribution in [0.1, 0.15) is 38.9 Å². The van der Waals surface area contributed by atoms with Crippen LogP contribution in [0.25, 0.3) is 0 Å². The second kappa shape index (κ2) is 7.15. The first-order chi connectivity index (χ1) is 8.46. The molecule has 0 aliphatic heterocycles. The molecule has 2 nitrogen and oxygen atoms in total. The Labute approximate surface area is 119 Å². The van der Waals surface area contributed by atoms with Crippen LogP contribution in [0.4, 0.5) is 0 Å². The van der Waals surface area contributed by atoms with E-state index in [1.165, 1.54) is 5.56 Å². The molecule has 0 aromatic heterocycles. The molecule has 1 rings (SSSR count). The first-order valence-electron chi connectivity index (χ1n) is 6.28. The average molecular weight is 315 g/mol. The van der Waals surface area contributed by atoms with Crippen molar-refractivity contribution in [1.82, 2.24) is 0 Å². The van der Waals surface area contributed by atoms with Gasteiger partial charge in [0.1, 0.15) is 5.75 Å². The third kappa shape index (κ3) is 5.40. The third-order valence-electron chi connectivity index (χ3n) is 2.80. The van der Waals surface area contributed by atoms with Crippen molar-refractivity contribution in [3.63, 3.8) is 0 Å². The zero-order valence-electron chi connectivity index (χ0n) is 11.7. The summed E-state index contributed by atoms with van der Waals surface area (Å²) in [4.78, 5) is 0. The van der Waals surface area contributed by atoms with E-state index in [4.69, 9.17) is 9.47 Å². The number of methoxy groups -OCH3 is 1. The molecule has 18 heavy (non-hydrogen) atoms. The number of halogens is 1. The lowest BCUT2D eigenvalue weighted by molar-refractivity contribution is 0.0521. The maximum atomic E-state index is 5.94. The Bertz CT molecular complexity index is 341. The van der Waals surface area contributed by atoms with Gasteiger partial charge in [0, 0.05) is 11.9 Å². The molecule has 1 atom stereocenters. The smallest absolute Gasteiger partial charge is 0.118 e. The Morgan fingerprint density at radius 2 is 1.78 bits per heavy atom. The van der Waals surface area contributed by atoms with Gasteiger partial charge in [-0.25, -0.2) is 0 Å². The summed E-state index contributed by atoms with van der Waals surface area (Å²) in [5, 5.41) is 0.809. The predicted molar refractivity (Wildman–Crippen MR) is 79.6 cm³/mol. The molecule has 0 radical (unpaired) electrons. The zero-order valence-corrected chi connectivity index (χ0v) is 13.3. The Morgan fingerprint density at radius 1 is 1.17 bits per heavy atom. The van der Waals surface area contributed by atoms with Crippen molar-refractivity contribution in [2.75, 3.05) is 19.0 Å². The van der Waals surface area contributed by atoms with Gasteiger partial charge in [0.05, 0.1) is 13.2 Å². The van der Waals surface area contributed by atoms with Crippen LogP contribution in [0.3, 0.4) is 0 Å². The molecule has 0 aliphatic rings. The lowest BCUT2D eigenvalue weighted by atomic mass is 9.93. The van der Waals surface area contributed by atoms with Crippen LogP contribution < -0.4 is 4.74 Å². The fraction of sp³-hybridized carbons (Fsp3) is 0.600. The molecule has 1 aromatic carbocycles. The van der Waals surface area contributed by atoms with Crippen LogP contribution in [-0.4, -0.2) is 19.0 Å². The Kier molecular flexibility index (Phi) is 6.16. The third-order valence-corrected chi connectivity index (χ3v) is 3.39. The minimum Gasteiger partial charge on any atom is -0.497 e. The summed E-state index contributed by atoms with van der Waals surface area (Å²) in [7, 11) is 1.68. The van der Waals surface area contributed by atoms with E-state index in [1.54, 1.807) is 7.11 Å². The Balaban J connectivity index is 2.54. The lowest BCUT2D eigenvalue weighted by Crippen LogP contribution is -2.13. The monoisotopic (exact) mass is 314 g/mol. The van der Waals surface area contributed by atoms with Gasteiger partial charge in [0.15, 0.2) is 0 Å². The highest BCUT2D eigenvalue weighted by Crippen LogP contribution is 2.25. The van der Waals surface area contributed by atoms with Crippen LogP contribution in [0.2, 0.25) is 0 Å². The number of benzene rings is 1. The van der Waals surface area contributed by atoms with Crippen LogP contribution in [0.5, 0.6) is 5.75 Å². The average Bonchev–Trinajstić information content (AvgIpc) is 2.34. The fourth-order valence-corrected chi connectivity index (χ4v) is 2.12. The first kappa shape index (κ1) is 15.5. The maximum Gasteiger partial charge on any atom is 0.118 e. The molecule has 0 aliphatic carbocycles. The number of hydrogen-bond donors (Lipinski definition) is 0. The van der Waals surface area contributed by atoms with E-state index in [9.17, 15) is 0 Å². The number of hydrogen-bond acceptors (Lipinski definition) is 2. The topological polar surface area (TPSA) is 18.5 Å². The van der Waals surface area contributed by atoms with E-state index < -0.39 is 0 Å². The van der Waals surface area contributed by atoms with Crippen LogP contribution in [0, 0.1) is 5.41 Å². The summed E-state index contributed by atoms with van der Waals surface area (Å²) in [6.45, 7) is 7.47. The first-order valence-corrected chi connectivity index (χ1v) is 7.40. The van der Waals surface area contributed by atoms with Gasteiger partial charge in [-0.1, -0.05) is 48.8 Å². The van der Waals surface area contributed by atoms with Crippen LogP contribution in [-0.2, 0) is 4.74 Å². The van der Waals surface area contributed by atoms with Gasteiger partial charge in [-0.05, 0) is 29.5 Å². The quantitative estimate of drug-likeness (QED) is 0.715. The van der Waals surface area contributed by atoms with Crippen molar-refractivity contribution in [2.24, 2.45) is 5.41 Å². The van der Waals surface area contributed by atoms with E-state index >= 15 is 0 Å². The van der Waals surface area contributed by atoms with Crippen molar-refractivity contribution in [2.45, 2.75) is 33.3 Å². The summed E-state index contributed by atoms with van der Waals surface area (Å²) in [6.07, 6.45) is 1.17. The predicted octanol–water partition coefficient (Wildman–Crippen LogP) is 4.58. The highest BCUT2D eigenvalue weighted by Gasteiger charge is 2.14. The van der Waals surface area contributed by atoms with Gasteiger partial charge in [-0.3, -0.25) is 0 Å². The summed E-state index contributed by atoms with van der Waals surface area (Å²) >= 11 is 3.51. The van der Waals surface area contributed by atoms with Gasteiger partial charge in [0.2, 0.25) is 0 Å². The Morgan fingerprint density at radius 3 is 2.22 bits per heavy atom. The molecule has 0 saturated heterocycles. The van der Waals surface area contributed by atoms with Gasteiger partial charge in [-0.2, -0.15) is 0 Å². The van der Waals surface area contributed by atoms with Gasteiger partial charge in [-0.15, -0.1) is 0 Å². The van der Waals surface area contributed by atoms with E-state index in [-0.39, 0.29) is 6.10 Å². The molecule has 0 amide bonds. The van der Waals surface area contributed by atoms with E-state index in [0.29, 0.717) is 5.41 Å². The molecular formula is C15H23BrO2. The van der Waals surface area contributed by atoms with E-state index in [2.05, 4.69) is 48.8 Å². The SMILES string of the molecule is COc1ccc(C(CBr)OCCC(C)(C)C)cc1. The molecule has 0 N–H and O–H groups in total. The van der Waals surface area contributed by atoms with Crippen LogP contribution in [0.15, 0.2) is 24.3 Å². The van der Waals surface area contributed by atoms with Crippen molar-refractivity contribution in [1.29, 1.82) is 0 Å². The number of ether oxygens (including phenoxy) is 2. The second-order valence-electron chi connectivity index (χ2n) is 5.60. The Hall–Kier alpha value is -0.540. The van der Waals surface area contributed by atoms with Gasteiger partial charge in [0.25, 0.3) is 0 Å². The molecule has 0 bridgehead atoms. The van der Waals surface area contributed by atoms with E-state index in [0.717, 1.165) is 24.1 Å². The molecule has 1 unspecified atom stereocenters. The summed E-state index contributed by atoms with van der Waals surface area (Å²) < 4.78 is 11.1. The molecule has 0 fully saturated rings. The molecule has 0 spiro atoms. The summed E-state index contributed by atoms with van der Waals surface area (Å²) in [6, 6.07) is 8.06. The summed E-state index contributed by atoms with van der Waals surface area (Å²) in [5.41, 5.74) is 1.50. The lowest BCUT2D eigenvalue weighted by Gasteiger charge is -2.21. The van der Waals surface area contributed by atoms with Crippen LogP contribution >= 0.6 is 15.9 Å². The molecular weight excluding hydrogens is 292 g/mol. The normalized spacial score (nSPS) is 13.4. The van der Waals surface area contributed by atoms with Crippen molar-refractivity contribution < 1.29 is 9.47 Å². The van der Waals surface area contributed by atoms with Gasteiger partial charge >= 0.3 is 0 Å². The molecule has 102 valence electrons. The van der Waals surface area contributed by atoms with Gasteiger partial charge < -0.3 is 9.47 Å². The largest absolute Gasteiger partial charge is 0.497 e. The summed E-state index contributed by atoms with van der Waals surface area (Å²) in [5.74, 6) is 0.877. The fourth-order valence-electron chi connectivity index (χ4n) is 1.56. The molecule has 0 saturated carbocycles.